The second-order valence-electron chi connectivity index (χ2n) is 7.35. The van der Waals surface area contributed by atoms with Crippen LogP contribution in [0.1, 0.15) is 38.6 Å². The van der Waals surface area contributed by atoms with Crippen LogP contribution in [0.5, 0.6) is 0 Å². The molecule has 2 N–H and O–H groups in total. The lowest BCUT2D eigenvalue weighted by Gasteiger charge is -2.34. The standard InChI is InChI=1S/C18H25N3O2S/c1-17(2,3)16-21-13-6-5-12(11-14(13)24-16)20-15(22)18(23-4)7-9-19-10-8-18/h5-6,11,19H,7-10H2,1-4H3,(H,20,22). The number of rotatable bonds is 3. The van der Waals surface area contributed by atoms with Crippen LogP contribution in [-0.2, 0) is 14.9 Å². The molecule has 0 bridgehead atoms. The lowest BCUT2D eigenvalue weighted by molar-refractivity contribution is -0.140. The predicted octanol–water partition coefficient (Wildman–Crippen LogP) is 3.30. The summed E-state index contributed by atoms with van der Waals surface area (Å²) in [5.41, 5.74) is 1.07. The first-order valence-corrected chi connectivity index (χ1v) is 9.14. The van der Waals surface area contributed by atoms with Gasteiger partial charge in [-0.2, -0.15) is 0 Å². The predicted molar refractivity (Wildman–Crippen MR) is 98.8 cm³/mol. The van der Waals surface area contributed by atoms with Crippen molar-refractivity contribution in [3.63, 3.8) is 0 Å². The molecule has 0 spiro atoms. The van der Waals surface area contributed by atoms with E-state index in [2.05, 4.69) is 31.4 Å². The van der Waals surface area contributed by atoms with Gasteiger partial charge < -0.3 is 15.4 Å². The molecule has 0 saturated carbocycles. The minimum absolute atomic E-state index is 0.0301. The minimum Gasteiger partial charge on any atom is -0.368 e. The molecule has 0 aliphatic carbocycles. The molecule has 1 amide bonds. The Morgan fingerprint density at radius 1 is 1.33 bits per heavy atom. The van der Waals surface area contributed by atoms with Crippen molar-refractivity contribution in [1.82, 2.24) is 10.3 Å². The van der Waals surface area contributed by atoms with Crippen LogP contribution < -0.4 is 10.6 Å². The Labute approximate surface area is 146 Å². The van der Waals surface area contributed by atoms with Crippen LogP contribution in [-0.4, -0.2) is 36.7 Å². The first-order valence-electron chi connectivity index (χ1n) is 8.32. The lowest BCUT2D eigenvalue weighted by atomic mass is 9.91. The number of thiazole rings is 1. The smallest absolute Gasteiger partial charge is 0.256 e. The normalized spacial score (nSPS) is 17.8. The van der Waals surface area contributed by atoms with Gasteiger partial charge in [-0.3, -0.25) is 4.79 Å². The summed E-state index contributed by atoms with van der Waals surface area (Å²) in [6, 6.07) is 5.89. The monoisotopic (exact) mass is 347 g/mol. The fourth-order valence-electron chi connectivity index (χ4n) is 2.92. The van der Waals surface area contributed by atoms with E-state index in [-0.39, 0.29) is 11.3 Å². The van der Waals surface area contributed by atoms with E-state index in [1.165, 1.54) is 0 Å². The number of anilines is 1. The molecule has 2 heterocycles. The SMILES string of the molecule is COC1(C(=O)Nc2ccc3nc(C(C)(C)C)sc3c2)CCNCC1. The van der Waals surface area contributed by atoms with Gasteiger partial charge in [0.2, 0.25) is 0 Å². The maximum atomic E-state index is 12.7. The highest BCUT2D eigenvalue weighted by Crippen LogP contribution is 2.33. The maximum absolute atomic E-state index is 12.7. The Bertz CT molecular complexity index is 742. The molecule has 130 valence electrons. The quantitative estimate of drug-likeness (QED) is 0.894. The van der Waals surface area contributed by atoms with Gasteiger partial charge in [-0.05, 0) is 44.1 Å². The van der Waals surface area contributed by atoms with Crippen molar-refractivity contribution < 1.29 is 9.53 Å². The molecular weight excluding hydrogens is 322 g/mol. The Hall–Kier alpha value is -1.50. The number of nitrogens with one attached hydrogen (secondary N) is 2. The van der Waals surface area contributed by atoms with Gasteiger partial charge in [0.1, 0.15) is 5.60 Å². The van der Waals surface area contributed by atoms with Gasteiger partial charge >= 0.3 is 0 Å². The van der Waals surface area contributed by atoms with Crippen LogP contribution in [0.15, 0.2) is 18.2 Å². The van der Waals surface area contributed by atoms with Crippen molar-refractivity contribution >= 4 is 33.1 Å². The summed E-state index contributed by atoms with van der Waals surface area (Å²) >= 11 is 1.68. The molecule has 1 fully saturated rings. The van der Waals surface area contributed by atoms with E-state index in [9.17, 15) is 4.79 Å². The molecule has 1 aromatic heterocycles. The van der Waals surface area contributed by atoms with Gasteiger partial charge in [-0.25, -0.2) is 4.98 Å². The van der Waals surface area contributed by atoms with Crippen LogP contribution in [0.3, 0.4) is 0 Å². The molecule has 2 aromatic rings. The first-order chi connectivity index (χ1) is 11.3. The molecule has 0 radical (unpaired) electrons. The van der Waals surface area contributed by atoms with E-state index < -0.39 is 5.60 Å². The number of hydrogen-bond acceptors (Lipinski definition) is 5. The van der Waals surface area contributed by atoms with Gasteiger partial charge in [0.05, 0.1) is 15.2 Å². The summed E-state index contributed by atoms with van der Waals surface area (Å²) in [5.74, 6) is -0.0635. The van der Waals surface area contributed by atoms with Crippen molar-refractivity contribution in [2.24, 2.45) is 0 Å². The number of methoxy groups -OCH3 is 1. The largest absolute Gasteiger partial charge is 0.368 e. The van der Waals surface area contributed by atoms with Crippen molar-refractivity contribution in [3.8, 4) is 0 Å². The van der Waals surface area contributed by atoms with Crippen LogP contribution in [0, 0.1) is 0 Å². The average molecular weight is 347 g/mol. The fraction of sp³-hybridized carbons (Fsp3) is 0.556. The van der Waals surface area contributed by atoms with Crippen molar-refractivity contribution in [3.05, 3.63) is 23.2 Å². The third-order valence-corrected chi connectivity index (χ3v) is 5.95. The minimum atomic E-state index is -0.732. The highest BCUT2D eigenvalue weighted by molar-refractivity contribution is 7.18. The summed E-state index contributed by atoms with van der Waals surface area (Å²) in [6.45, 7) is 8.07. The van der Waals surface area contributed by atoms with Gasteiger partial charge in [-0.1, -0.05) is 20.8 Å². The molecule has 24 heavy (non-hydrogen) atoms. The molecular formula is C18H25N3O2S. The summed E-state index contributed by atoms with van der Waals surface area (Å²) in [6.07, 6.45) is 1.37. The van der Waals surface area contributed by atoms with Crippen LogP contribution in [0.2, 0.25) is 0 Å². The zero-order valence-electron chi connectivity index (χ0n) is 14.7. The van der Waals surface area contributed by atoms with E-state index in [1.807, 2.05) is 18.2 Å². The molecule has 0 unspecified atom stereocenters. The number of fused-ring (bicyclic) bond motifs is 1. The summed E-state index contributed by atoms with van der Waals surface area (Å²) in [4.78, 5) is 17.4. The van der Waals surface area contributed by atoms with Gasteiger partial charge in [0, 0.05) is 18.2 Å². The number of nitrogens with zero attached hydrogens (tertiary/aromatic N) is 1. The van der Waals surface area contributed by atoms with E-state index in [1.54, 1.807) is 18.4 Å². The Kier molecular flexibility index (Phi) is 4.64. The van der Waals surface area contributed by atoms with Crippen LogP contribution >= 0.6 is 11.3 Å². The molecule has 6 heteroatoms. The number of benzene rings is 1. The van der Waals surface area contributed by atoms with Crippen LogP contribution in [0.25, 0.3) is 10.2 Å². The topological polar surface area (TPSA) is 63.2 Å². The van der Waals surface area contributed by atoms with E-state index >= 15 is 0 Å². The summed E-state index contributed by atoms with van der Waals surface area (Å²) in [7, 11) is 1.62. The van der Waals surface area contributed by atoms with Crippen molar-refractivity contribution in [2.75, 3.05) is 25.5 Å². The first kappa shape index (κ1) is 17.3. The third-order valence-electron chi connectivity index (χ3n) is 4.50. The van der Waals surface area contributed by atoms with Crippen LogP contribution in [0.4, 0.5) is 5.69 Å². The second-order valence-corrected chi connectivity index (χ2v) is 8.38. The molecule has 0 atom stereocenters. The molecule has 1 aromatic carbocycles. The molecule has 3 rings (SSSR count). The van der Waals surface area contributed by atoms with E-state index in [0.29, 0.717) is 12.8 Å². The average Bonchev–Trinajstić information content (AvgIpc) is 2.99. The number of carbonyl (C=O) groups excluding carboxylic acids is 1. The Morgan fingerprint density at radius 2 is 2.04 bits per heavy atom. The zero-order chi connectivity index (χ0) is 17.4. The molecule has 5 nitrogen and oxygen atoms in total. The highest BCUT2D eigenvalue weighted by atomic mass is 32.1. The summed E-state index contributed by atoms with van der Waals surface area (Å²) < 4.78 is 6.68. The highest BCUT2D eigenvalue weighted by Gasteiger charge is 2.39. The molecule has 1 aliphatic rings. The van der Waals surface area contributed by atoms with E-state index in [0.717, 1.165) is 34.0 Å². The number of ether oxygens (including phenoxy) is 1. The van der Waals surface area contributed by atoms with E-state index in [4.69, 9.17) is 9.72 Å². The van der Waals surface area contributed by atoms with Gasteiger partial charge in [-0.15, -0.1) is 11.3 Å². The zero-order valence-corrected chi connectivity index (χ0v) is 15.5. The maximum Gasteiger partial charge on any atom is 0.256 e. The second kappa shape index (κ2) is 6.43. The van der Waals surface area contributed by atoms with Crippen molar-refractivity contribution in [2.45, 2.75) is 44.6 Å². The van der Waals surface area contributed by atoms with Crippen molar-refractivity contribution in [1.29, 1.82) is 0 Å². The molecule has 1 saturated heterocycles. The Balaban J connectivity index is 1.83. The summed E-state index contributed by atoms with van der Waals surface area (Å²) in [5, 5.41) is 7.40. The molecule has 1 aliphatic heterocycles. The fourth-order valence-corrected chi connectivity index (χ4v) is 3.99. The number of carbonyl (C=O) groups is 1. The lowest BCUT2D eigenvalue weighted by Crippen LogP contribution is -2.51. The number of hydrogen-bond donors (Lipinski definition) is 2. The Morgan fingerprint density at radius 3 is 2.67 bits per heavy atom. The number of amides is 1. The van der Waals surface area contributed by atoms with Gasteiger partial charge in [0.15, 0.2) is 0 Å². The number of piperidine rings is 1. The third kappa shape index (κ3) is 3.31. The van der Waals surface area contributed by atoms with Gasteiger partial charge in [0.25, 0.3) is 5.91 Å². The number of aromatic nitrogens is 1.